The Labute approximate surface area is 180 Å². The number of nitrogens with zero attached hydrogens (tertiary/aromatic N) is 4. The summed E-state index contributed by atoms with van der Waals surface area (Å²) in [4.78, 5) is 25.1. The summed E-state index contributed by atoms with van der Waals surface area (Å²) in [6.45, 7) is 2.17. The SMILES string of the molecule is CC(=O)OCCOCn1cnc2c(Cc3ccccc3)nc(Cc3ccccc3)nc21. The lowest BCUT2D eigenvalue weighted by molar-refractivity contribution is -0.142. The van der Waals surface area contributed by atoms with Crippen molar-refractivity contribution in [2.45, 2.75) is 26.5 Å². The molecule has 2 aromatic heterocycles. The molecule has 0 aliphatic rings. The van der Waals surface area contributed by atoms with Crippen LogP contribution < -0.4 is 0 Å². The monoisotopic (exact) mass is 416 g/mol. The quantitative estimate of drug-likeness (QED) is 0.307. The van der Waals surface area contributed by atoms with Crippen LogP contribution in [0.25, 0.3) is 11.2 Å². The van der Waals surface area contributed by atoms with E-state index in [0.717, 1.165) is 28.2 Å². The Morgan fingerprint density at radius 1 is 0.903 bits per heavy atom. The molecule has 0 radical (unpaired) electrons. The smallest absolute Gasteiger partial charge is 0.302 e. The molecule has 2 heterocycles. The highest BCUT2D eigenvalue weighted by Gasteiger charge is 2.14. The van der Waals surface area contributed by atoms with Gasteiger partial charge in [0, 0.05) is 19.8 Å². The summed E-state index contributed by atoms with van der Waals surface area (Å²) in [6, 6.07) is 20.4. The standard InChI is InChI=1S/C24H24N4O3/c1-18(29)31-13-12-30-17-28-16-25-23-21(14-19-8-4-2-5-9-19)26-22(27-24(23)28)15-20-10-6-3-7-11-20/h2-11,16H,12-15,17H2,1H3. The van der Waals surface area contributed by atoms with Crippen molar-refractivity contribution in [2.24, 2.45) is 0 Å². The van der Waals surface area contributed by atoms with Crippen LogP contribution in [0.1, 0.15) is 29.6 Å². The van der Waals surface area contributed by atoms with Gasteiger partial charge in [0.1, 0.15) is 24.7 Å². The van der Waals surface area contributed by atoms with E-state index in [0.29, 0.717) is 19.4 Å². The maximum atomic E-state index is 10.9. The number of benzene rings is 2. The molecular weight excluding hydrogens is 392 g/mol. The van der Waals surface area contributed by atoms with Crippen molar-refractivity contribution in [3.05, 3.63) is 89.6 Å². The van der Waals surface area contributed by atoms with E-state index in [1.165, 1.54) is 12.5 Å². The first-order valence-electron chi connectivity index (χ1n) is 10.2. The van der Waals surface area contributed by atoms with E-state index in [1.54, 1.807) is 6.33 Å². The number of aromatic nitrogens is 4. The van der Waals surface area contributed by atoms with Gasteiger partial charge in [-0.05, 0) is 11.1 Å². The Hall–Kier alpha value is -3.58. The molecule has 0 saturated carbocycles. The number of esters is 1. The molecule has 0 unspecified atom stereocenters. The van der Waals surface area contributed by atoms with Crippen LogP contribution in [0.15, 0.2) is 67.0 Å². The van der Waals surface area contributed by atoms with Gasteiger partial charge in [-0.3, -0.25) is 9.36 Å². The van der Waals surface area contributed by atoms with Crippen molar-refractivity contribution >= 4 is 17.1 Å². The first-order valence-corrected chi connectivity index (χ1v) is 10.2. The molecule has 4 aromatic rings. The van der Waals surface area contributed by atoms with Gasteiger partial charge in [0.25, 0.3) is 0 Å². The van der Waals surface area contributed by atoms with Gasteiger partial charge in [-0.1, -0.05) is 60.7 Å². The van der Waals surface area contributed by atoms with E-state index in [4.69, 9.17) is 19.4 Å². The number of hydrogen-bond donors (Lipinski definition) is 0. The Bertz CT molecular complexity index is 1140. The zero-order chi connectivity index (χ0) is 21.5. The molecule has 2 aromatic carbocycles. The van der Waals surface area contributed by atoms with Gasteiger partial charge in [-0.2, -0.15) is 0 Å². The van der Waals surface area contributed by atoms with E-state index in [-0.39, 0.29) is 19.3 Å². The summed E-state index contributed by atoms with van der Waals surface area (Å²) < 4.78 is 12.4. The number of carbonyl (C=O) groups excluding carboxylic acids is 1. The molecule has 0 spiro atoms. The van der Waals surface area contributed by atoms with Gasteiger partial charge in [0.15, 0.2) is 5.65 Å². The summed E-state index contributed by atoms with van der Waals surface area (Å²) in [5.74, 6) is 0.423. The van der Waals surface area contributed by atoms with Crippen molar-refractivity contribution in [1.29, 1.82) is 0 Å². The molecule has 0 N–H and O–H groups in total. The second-order valence-electron chi connectivity index (χ2n) is 7.18. The molecule has 0 aliphatic heterocycles. The molecule has 0 bridgehead atoms. The molecule has 0 saturated heterocycles. The number of carbonyl (C=O) groups is 1. The zero-order valence-electron chi connectivity index (χ0n) is 17.4. The molecule has 7 heteroatoms. The summed E-state index contributed by atoms with van der Waals surface area (Å²) in [5, 5.41) is 0. The normalized spacial score (nSPS) is 11.0. The highest BCUT2D eigenvalue weighted by molar-refractivity contribution is 5.74. The second-order valence-corrected chi connectivity index (χ2v) is 7.18. The third-order valence-corrected chi connectivity index (χ3v) is 4.77. The van der Waals surface area contributed by atoms with Crippen molar-refractivity contribution in [3.63, 3.8) is 0 Å². The minimum atomic E-state index is -0.319. The predicted octanol–water partition coefficient (Wildman–Crippen LogP) is 3.55. The van der Waals surface area contributed by atoms with E-state index in [1.807, 2.05) is 41.0 Å². The van der Waals surface area contributed by atoms with Crippen molar-refractivity contribution in [2.75, 3.05) is 13.2 Å². The first-order chi connectivity index (χ1) is 15.2. The number of ether oxygens (including phenoxy) is 2. The topological polar surface area (TPSA) is 79.1 Å². The summed E-state index contributed by atoms with van der Waals surface area (Å²) in [5.41, 5.74) is 4.71. The summed E-state index contributed by atoms with van der Waals surface area (Å²) >= 11 is 0. The van der Waals surface area contributed by atoms with Gasteiger partial charge >= 0.3 is 5.97 Å². The van der Waals surface area contributed by atoms with E-state index >= 15 is 0 Å². The van der Waals surface area contributed by atoms with Gasteiger partial charge in [-0.25, -0.2) is 15.0 Å². The van der Waals surface area contributed by atoms with Crippen LogP contribution in [0.5, 0.6) is 0 Å². The molecule has 0 amide bonds. The van der Waals surface area contributed by atoms with Crippen LogP contribution in [-0.2, 0) is 33.8 Å². The lowest BCUT2D eigenvalue weighted by Crippen LogP contribution is -2.11. The maximum Gasteiger partial charge on any atom is 0.302 e. The molecule has 0 aliphatic carbocycles. The maximum absolute atomic E-state index is 10.9. The fraction of sp³-hybridized carbons (Fsp3) is 0.250. The Balaban J connectivity index is 1.61. The minimum absolute atomic E-state index is 0.218. The van der Waals surface area contributed by atoms with Crippen LogP contribution in [0, 0.1) is 0 Å². The molecule has 4 rings (SSSR count). The Morgan fingerprint density at radius 3 is 2.26 bits per heavy atom. The zero-order valence-corrected chi connectivity index (χ0v) is 17.4. The average Bonchev–Trinajstić information content (AvgIpc) is 3.18. The van der Waals surface area contributed by atoms with Gasteiger partial charge in [0.05, 0.1) is 18.6 Å². The van der Waals surface area contributed by atoms with Crippen LogP contribution in [0.3, 0.4) is 0 Å². The lowest BCUT2D eigenvalue weighted by Gasteiger charge is -2.09. The molecule has 0 fully saturated rings. The van der Waals surface area contributed by atoms with Crippen LogP contribution in [0.4, 0.5) is 0 Å². The minimum Gasteiger partial charge on any atom is -0.463 e. The molecule has 0 atom stereocenters. The highest BCUT2D eigenvalue weighted by atomic mass is 16.6. The fourth-order valence-electron chi connectivity index (χ4n) is 3.32. The number of rotatable bonds is 9. The molecule has 158 valence electrons. The Kier molecular flexibility index (Phi) is 6.64. The fourth-order valence-corrected chi connectivity index (χ4v) is 3.32. The van der Waals surface area contributed by atoms with Crippen molar-refractivity contribution in [1.82, 2.24) is 19.5 Å². The molecule has 31 heavy (non-hydrogen) atoms. The predicted molar refractivity (Wildman–Crippen MR) is 116 cm³/mol. The number of fused-ring (bicyclic) bond motifs is 1. The largest absolute Gasteiger partial charge is 0.463 e. The second kappa shape index (κ2) is 9.95. The molecule has 7 nitrogen and oxygen atoms in total. The summed E-state index contributed by atoms with van der Waals surface area (Å²) in [7, 11) is 0. The first kappa shape index (κ1) is 20.7. The number of imidazole rings is 1. The van der Waals surface area contributed by atoms with Crippen LogP contribution >= 0.6 is 0 Å². The third kappa shape index (κ3) is 5.52. The number of hydrogen-bond acceptors (Lipinski definition) is 6. The van der Waals surface area contributed by atoms with E-state index in [2.05, 4.69) is 29.2 Å². The van der Waals surface area contributed by atoms with Gasteiger partial charge < -0.3 is 9.47 Å². The molecular formula is C24H24N4O3. The van der Waals surface area contributed by atoms with E-state index in [9.17, 15) is 4.79 Å². The van der Waals surface area contributed by atoms with Crippen molar-refractivity contribution in [3.8, 4) is 0 Å². The lowest BCUT2D eigenvalue weighted by atomic mass is 10.1. The van der Waals surface area contributed by atoms with Gasteiger partial charge in [-0.15, -0.1) is 0 Å². The van der Waals surface area contributed by atoms with Crippen molar-refractivity contribution < 1.29 is 14.3 Å². The summed E-state index contributed by atoms with van der Waals surface area (Å²) in [6.07, 6.45) is 3.02. The van der Waals surface area contributed by atoms with Crippen LogP contribution in [0.2, 0.25) is 0 Å². The van der Waals surface area contributed by atoms with Crippen LogP contribution in [-0.4, -0.2) is 38.7 Å². The highest BCUT2D eigenvalue weighted by Crippen LogP contribution is 2.19. The third-order valence-electron chi connectivity index (χ3n) is 4.77. The van der Waals surface area contributed by atoms with E-state index < -0.39 is 0 Å². The Morgan fingerprint density at radius 2 is 1.58 bits per heavy atom. The van der Waals surface area contributed by atoms with Gasteiger partial charge in [0.2, 0.25) is 0 Å². The average molecular weight is 416 g/mol.